The van der Waals surface area contributed by atoms with E-state index in [1.807, 2.05) is 0 Å². The van der Waals surface area contributed by atoms with Gasteiger partial charge in [0.1, 0.15) is 6.10 Å². The van der Waals surface area contributed by atoms with Gasteiger partial charge >= 0.3 is 0 Å². The van der Waals surface area contributed by atoms with Crippen molar-refractivity contribution >= 4 is 44.0 Å². The maximum Gasteiger partial charge on any atom is 0.221 e. The number of hydrogen-bond acceptors (Lipinski definition) is 3. The van der Waals surface area contributed by atoms with Crippen LogP contribution >= 0.6 is 34.2 Å². The van der Waals surface area contributed by atoms with Crippen molar-refractivity contribution in [3.8, 4) is 0 Å². The summed E-state index contributed by atoms with van der Waals surface area (Å²) in [5.74, 6) is -0.0768. The summed E-state index contributed by atoms with van der Waals surface area (Å²) in [4.78, 5) is 0. The highest BCUT2D eigenvalue weighted by Crippen LogP contribution is 2.42. The summed E-state index contributed by atoms with van der Waals surface area (Å²) in [5, 5.41) is 9.86. The molecule has 0 fully saturated rings. The Hall–Kier alpha value is 0.930. The third kappa shape index (κ3) is 2.96. The predicted octanol–water partition coefficient (Wildman–Crippen LogP) is 2.16. The van der Waals surface area contributed by atoms with Crippen molar-refractivity contribution < 1.29 is 13.5 Å². The zero-order valence-corrected chi connectivity index (χ0v) is 12.4. The zero-order chi connectivity index (χ0) is 11.8. The molecule has 0 aliphatic heterocycles. The van der Waals surface area contributed by atoms with Crippen molar-refractivity contribution in [1.29, 1.82) is 0 Å². The van der Waals surface area contributed by atoms with Crippen LogP contribution < -0.4 is 0 Å². The molecule has 0 unspecified atom stereocenters. The highest BCUT2D eigenvalue weighted by Gasteiger charge is 2.49. The molecular weight excluding hydrogens is 339 g/mol. The van der Waals surface area contributed by atoms with Gasteiger partial charge in [-0.1, -0.05) is 39.3 Å². The molecule has 0 aromatic carbocycles. The van der Waals surface area contributed by atoms with Gasteiger partial charge in [-0.3, -0.25) is 0 Å². The second kappa shape index (κ2) is 4.43. The Morgan fingerprint density at radius 3 is 2.00 bits per heavy atom. The van der Waals surface area contributed by atoms with Gasteiger partial charge in [-0.2, -0.15) is 0 Å². The van der Waals surface area contributed by atoms with Crippen molar-refractivity contribution in [1.82, 2.24) is 0 Å². The molecule has 3 nitrogen and oxygen atoms in total. The van der Waals surface area contributed by atoms with E-state index in [1.54, 1.807) is 43.4 Å². The molecule has 0 amide bonds. The average Bonchev–Trinajstić information content (AvgIpc) is 2.01. The Bertz CT molecular complexity index is 292. The number of halogens is 2. The monoisotopic (exact) mass is 354 g/mol. The molecule has 0 aromatic rings. The molecule has 86 valence electrons. The van der Waals surface area contributed by atoms with E-state index in [9.17, 15) is 13.5 Å². The Labute approximate surface area is 104 Å². The third-order valence-electron chi connectivity index (χ3n) is 1.93. The maximum absolute atomic E-state index is 11.6. The Morgan fingerprint density at radius 2 is 1.79 bits per heavy atom. The van der Waals surface area contributed by atoms with Gasteiger partial charge in [0.15, 0.2) is 9.84 Å². The van der Waals surface area contributed by atoms with Gasteiger partial charge in [0, 0.05) is 0 Å². The Balaban J connectivity index is 5.18. The molecule has 1 N–H and O–H groups in total. The Morgan fingerprint density at radius 1 is 1.43 bits per heavy atom. The summed E-state index contributed by atoms with van der Waals surface area (Å²) < 4.78 is 21.6. The molecule has 0 saturated carbocycles. The van der Waals surface area contributed by atoms with Crippen molar-refractivity contribution in [2.75, 3.05) is 5.75 Å². The standard InChI is InChI=1S/C8H16ClIO3S/c1-5-14(12,13)8(9,10)6(11)7(2,3)4/h6,11H,5H2,1-4H3/t6-,8+/m0/s1. The van der Waals surface area contributed by atoms with E-state index in [1.165, 1.54) is 6.92 Å². The largest absolute Gasteiger partial charge is 0.389 e. The van der Waals surface area contributed by atoms with E-state index < -0.39 is 23.6 Å². The van der Waals surface area contributed by atoms with Gasteiger partial charge in [0.2, 0.25) is 2.21 Å². The minimum atomic E-state index is -3.48. The third-order valence-corrected chi connectivity index (χ3v) is 7.26. The van der Waals surface area contributed by atoms with Gasteiger partial charge in [-0.15, -0.1) is 0 Å². The first kappa shape index (κ1) is 14.9. The summed E-state index contributed by atoms with van der Waals surface area (Å²) in [6.07, 6.45) is -1.11. The molecule has 0 saturated heterocycles. The molecule has 0 bridgehead atoms. The molecule has 0 heterocycles. The topological polar surface area (TPSA) is 54.4 Å². The zero-order valence-electron chi connectivity index (χ0n) is 8.71. The van der Waals surface area contributed by atoms with Crippen LogP contribution in [0.15, 0.2) is 0 Å². The summed E-state index contributed by atoms with van der Waals surface area (Å²) in [7, 11) is -3.48. The minimum Gasteiger partial charge on any atom is -0.389 e. The first-order chi connectivity index (χ1) is 5.97. The molecule has 0 rings (SSSR count). The number of rotatable bonds is 3. The SMILES string of the molecule is CCS(=O)(=O)[C@](Cl)(I)[C@@H](O)C(C)(C)C. The summed E-state index contributed by atoms with van der Waals surface area (Å²) in [6.45, 7) is 6.76. The summed E-state index contributed by atoms with van der Waals surface area (Å²) in [5.41, 5.74) is -0.564. The highest BCUT2D eigenvalue weighted by atomic mass is 127. The molecule has 0 spiro atoms. The summed E-state index contributed by atoms with van der Waals surface area (Å²) >= 11 is 7.51. The fraction of sp³-hybridized carbons (Fsp3) is 1.00. The fourth-order valence-electron chi connectivity index (χ4n) is 0.867. The van der Waals surface area contributed by atoms with Crippen LogP contribution in [-0.2, 0) is 9.84 Å². The molecule has 6 heteroatoms. The van der Waals surface area contributed by atoms with Crippen LogP contribution in [0.2, 0.25) is 0 Å². The number of alkyl halides is 2. The number of aliphatic hydroxyl groups excluding tert-OH is 1. The lowest BCUT2D eigenvalue weighted by atomic mass is 9.90. The Kier molecular flexibility index (Phi) is 4.72. The van der Waals surface area contributed by atoms with E-state index in [2.05, 4.69) is 0 Å². The van der Waals surface area contributed by atoms with E-state index in [4.69, 9.17) is 11.6 Å². The predicted molar refractivity (Wildman–Crippen MR) is 67.5 cm³/mol. The summed E-state index contributed by atoms with van der Waals surface area (Å²) in [6, 6.07) is 0. The van der Waals surface area contributed by atoms with E-state index in [0.717, 1.165) is 0 Å². The van der Waals surface area contributed by atoms with E-state index >= 15 is 0 Å². The molecular formula is C8H16ClIO3S. The van der Waals surface area contributed by atoms with Gasteiger partial charge in [0.25, 0.3) is 0 Å². The van der Waals surface area contributed by atoms with Crippen LogP contribution in [0, 0.1) is 5.41 Å². The molecule has 0 radical (unpaired) electrons. The van der Waals surface area contributed by atoms with Crippen LogP contribution in [-0.4, -0.2) is 27.6 Å². The average molecular weight is 355 g/mol. The van der Waals surface area contributed by atoms with Crippen molar-refractivity contribution in [2.45, 2.75) is 36.0 Å². The normalized spacial score (nSPS) is 20.2. The fourth-order valence-corrected chi connectivity index (χ4v) is 4.47. The van der Waals surface area contributed by atoms with Crippen LogP contribution in [0.4, 0.5) is 0 Å². The number of sulfone groups is 1. The van der Waals surface area contributed by atoms with Gasteiger partial charge in [0.05, 0.1) is 5.75 Å². The van der Waals surface area contributed by atoms with Gasteiger partial charge in [-0.05, 0) is 28.0 Å². The number of aliphatic hydroxyl groups is 1. The van der Waals surface area contributed by atoms with Crippen LogP contribution in [0.3, 0.4) is 0 Å². The van der Waals surface area contributed by atoms with Crippen LogP contribution in [0.5, 0.6) is 0 Å². The van der Waals surface area contributed by atoms with Gasteiger partial charge < -0.3 is 5.11 Å². The molecule has 0 aliphatic carbocycles. The van der Waals surface area contributed by atoms with Crippen molar-refractivity contribution in [3.63, 3.8) is 0 Å². The second-order valence-electron chi connectivity index (χ2n) is 4.23. The first-order valence-corrected chi connectivity index (χ1v) is 7.36. The van der Waals surface area contributed by atoms with Crippen molar-refractivity contribution in [3.05, 3.63) is 0 Å². The number of hydrogen-bond donors (Lipinski definition) is 1. The smallest absolute Gasteiger partial charge is 0.221 e. The first-order valence-electron chi connectivity index (χ1n) is 4.25. The van der Waals surface area contributed by atoms with E-state index in [0.29, 0.717) is 0 Å². The lowest BCUT2D eigenvalue weighted by molar-refractivity contribution is 0.0712. The van der Waals surface area contributed by atoms with Crippen LogP contribution in [0.25, 0.3) is 0 Å². The second-order valence-corrected chi connectivity index (χ2v) is 10.6. The minimum absolute atomic E-state index is 0.0768. The quantitative estimate of drug-likeness (QED) is 0.624. The molecule has 2 atom stereocenters. The lowest BCUT2D eigenvalue weighted by Crippen LogP contribution is -2.46. The lowest BCUT2D eigenvalue weighted by Gasteiger charge is -2.34. The maximum atomic E-state index is 11.6. The van der Waals surface area contributed by atoms with Crippen LogP contribution in [0.1, 0.15) is 27.7 Å². The van der Waals surface area contributed by atoms with Gasteiger partial charge in [-0.25, -0.2) is 8.42 Å². The highest BCUT2D eigenvalue weighted by molar-refractivity contribution is 14.1. The molecule has 0 aromatic heterocycles. The van der Waals surface area contributed by atoms with E-state index in [-0.39, 0.29) is 5.75 Å². The molecule has 14 heavy (non-hydrogen) atoms. The molecule has 0 aliphatic rings. The van der Waals surface area contributed by atoms with Crippen molar-refractivity contribution in [2.24, 2.45) is 5.41 Å².